The molecule has 3 heterocycles. The zero-order valence-corrected chi connectivity index (χ0v) is 15.4. The van der Waals surface area contributed by atoms with Crippen LogP contribution in [0.2, 0.25) is 0 Å². The summed E-state index contributed by atoms with van der Waals surface area (Å²) in [6.07, 6.45) is 5.94. The Kier molecular flexibility index (Phi) is 6.12. The molecule has 1 aliphatic heterocycles. The number of carbonyl (C=O) groups is 1. The Hall–Kier alpha value is -2.54. The zero-order chi connectivity index (χ0) is 18.4. The lowest BCUT2D eigenvalue weighted by Gasteiger charge is -2.22. The van der Waals surface area contributed by atoms with Crippen molar-refractivity contribution in [3.05, 3.63) is 48.0 Å². The molecule has 2 aromatic heterocycles. The van der Waals surface area contributed by atoms with Crippen LogP contribution >= 0.6 is 0 Å². The molecule has 0 spiro atoms. The Morgan fingerprint density at radius 3 is 2.69 bits per heavy atom. The molecule has 3 rings (SSSR count). The van der Waals surface area contributed by atoms with Gasteiger partial charge in [-0.2, -0.15) is 0 Å². The fraction of sp³-hybridized carbons (Fsp3) is 0.474. The number of urea groups is 1. The third-order valence-corrected chi connectivity index (χ3v) is 4.64. The van der Waals surface area contributed by atoms with Crippen LogP contribution in [-0.2, 0) is 6.54 Å². The molecule has 1 saturated heterocycles. The van der Waals surface area contributed by atoms with Gasteiger partial charge in [0.15, 0.2) is 0 Å². The van der Waals surface area contributed by atoms with Crippen LogP contribution in [0.5, 0.6) is 0 Å². The van der Waals surface area contributed by atoms with Crippen LogP contribution in [-0.4, -0.2) is 49.6 Å². The van der Waals surface area contributed by atoms with Gasteiger partial charge in [-0.3, -0.25) is 4.90 Å². The number of anilines is 1. The number of hydrogen-bond donors (Lipinski definition) is 2. The van der Waals surface area contributed by atoms with Crippen LogP contribution in [0.3, 0.4) is 0 Å². The van der Waals surface area contributed by atoms with E-state index in [1.54, 1.807) is 6.26 Å². The zero-order valence-electron chi connectivity index (χ0n) is 15.4. The number of likely N-dealkylation sites (N-methyl/N-ethyl adjacent to an activating group) is 1. The molecule has 1 aliphatic rings. The molecule has 0 saturated carbocycles. The second kappa shape index (κ2) is 8.71. The van der Waals surface area contributed by atoms with E-state index in [0.29, 0.717) is 13.1 Å². The Morgan fingerprint density at radius 2 is 2.08 bits per heavy atom. The summed E-state index contributed by atoms with van der Waals surface area (Å²) in [6, 6.07) is 7.61. The van der Waals surface area contributed by atoms with Gasteiger partial charge in [0.05, 0.1) is 12.3 Å². The summed E-state index contributed by atoms with van der Waals surface area (Å²) < 4.78 is 5.45. The van der Waals surface area contributed by atoms with Crippen LogP contribution in [0.4, 0.5) is 10.6 Å². The van der Waals surface area contributed by atoms with Crippen LogP contribution in [0.15, 0.2) is 41.1 Å². The van der Waals surface area contributed by atoms with Crippen molar-refractivity contribution in [2.75, 3.05) is 38.6 Å². The number of hydrogen-bond acceptors (Lipinski definition) is 5. The van der Waals surface area contributed by atoms with Gasteiger partial charge in [-0.25, -0.2) is 9.78 Å². The highest BCUT2D eigenvalue weighted by Crippen LogP contribution is 2.18. The lowest BCUT2D eigenvalue weighted by Crippen LogP contribution is -2.40. The normalized spacial score (nSPS) is 15.3. The van der Waals surface area contributed by atoms with E-state index >= 15 is 0 Å². The highest BCUT2D eigenvalue weighted by Gasteiger charge is 2.18. The molecule has 0 aliphatic carbocycles. The van der Waals surface area contributed by atoms with Crippen molar-refractivity contribution in [1.82, 2.24) is 20.5 Å². The van der Waals surface area contributed by atoms with Crippen molar-refractivity contribution < 1.29 is 9.21 Å². The van der Waals surface area contributed by atoms with Gasteiger partial charge in [0, 0.05) is 32.4 Å². The lowest BCUT2D eigenvalue weighted by molar-refractivity contribution is 0.225. The minimum atomic E-state index is -0.202. The maximum Gasteiger partial charge on any atom is 0.315 e. The first-order chi connectivity index (χ1) is 12.6. The molecular weight excluding hydrogens is 330 g/mol. The summed E-state index contributed by atoms with van der Waals surface area (Å²) in [5.74, 6) is 1.85. The number of amides is 2. The molecule has 2 amide bonds. The fourth-order valence-corrected chi connectivity index (χ4v) is 3.11. The van der Waals surface area contributed by atoms with Gasteiger partial charge < -0.3 is 20.0 Å². The lowest BCUT2D eigenvalue weighted by atomic mass is 10.2. The van der Waals surface area contributed by atoms with E-state index in [9.17, 15) is 4.79 Å². The predicted molar refractivity (Wildman–Crippen MR) is 101 cm³/mol. The number of furan rings is 1. The molecule has 0 aromatic carbocycles. The van der Waals surface area contributed by atoms with Gasteiger partial charge in [0.2, 0.25) is 0 Å². The highest BCUT2D eigenvalue weighted by molar-refractivity contribution is 5.73. The van der Waals surface area contributed by atoms with Gasteiger partial charge in [-0.15, -0.1) is 0 Å². The molecule has 0 bridgehead atoms. The van der Waals surface area contributed by atoms with Crippen LogP contribution in [0.25, 0.3) is 0 Å². The number of nitrogens with one attached hydrogen (secondary N) is 2. The van der Waals surface area contributed by atoms with Gasteiger partial charge >= 0.3 is 6.03 Å². The summed E-state index contributed by atoms with van der Waals surface area (Å²) in [6.45, 7) is 3.08. The third-order valence-electron chi connectivity index (χ3n) is 4.64. The van der Waals surface area contributed by atoms with Crippen LogP contribution in [0, 0.1) is 0 Å². The Morgan fingerprint density at radius 1 is 1.27 bits per heavy atom. The molecule has 26 heavy (non-hydrogen) atoms. The summed E-state index contributed by atoms with van der Waals surface area (Å²) in [4.78, 5) is 20.9. The van der Waals surface area contributed by atoms with Crippen LogP contribution < -0.4 is 15.5 Å². The Balaban J connectivity index is 1.44. The average molecular weight is 357 g/mol. The quantitative estimate of drug-likeness (QED) is 0.796. The van der Waals surface area contributed by atoms with Gasteiger partial charge in [0.25, 0.3) is 0 Å². The van der Waals surface area contributed by atoms with E-state index in [1.807, 2.05) is 49.5 Å². The smallest absolute Gasteiger partial charge is 0.315 e. The maximum absolute atomic E-state index is 12.1. The van der Waals surface area contributed by atoms with Crippen molar-refractivity contribution in [2.24, 2.45) is 0 Å². The van der Waals surface area contributed by atoms with Crippen molar-refractivity contribution in [2.45, 2.75) is 25.4 Å². The van der Waals surface area contributed by atoms with Crippen molar-refractivity contribution in [1.29, 1.82) is 0 Å². The topological polar surface area (TPSA) is 73.6 Å². The van der Waals surface area contributed by atoms with E-state index < -0.39 is 0 Å². The number of pyridine rings is 1. The molecule has 7 heteroatoms. The molecule has 2 aromatic rings. The van der Waals surface area contributed by atoms with E-state index in [2.05, 4.69) is 20.5 Å². The number of nitrogens with zero attached hydrogens (tertiary/aromatic N) is 3. The molecule has 140 valence electrons. The third kappa shape index (κ3) is 4.76. The van der Waals surface area contributed by atoms with E-state index in [4.69, 9.17) is 4.42 Å². The first-order valence-corrected chi connectivity index (χ1v) is 9.05. The highest BCUT2D eigenvalue weighted by atomic mass is 16.3. The summed E-state index contributed by atoms with van der Waals surface area (Å²) in [7, 11) is 3.92. The van der Waals surface area contributed by atoms with Gasteiger partial charge in [-0.1, -0.05) is 6.07 Å². The monoisotopic (exact) mass is 357 g/mol. The Labute approximate surface area is 154 Å². The fourth-order valence-electron chi connectivity index (χ4n) is 3.11. The molecule has 7 nitrogen and oxygen atoms in total. The molecule has 1 fully saturated rings. The van der Waals surface area contributed by atoms with Crippen molar-refractivity contribution in [3.63, 3.8) is 0 Å². The summed E-state index contributed by atoms with van der Waals surface area (Å²) >= 11 is 0. The SMILES string of the molecule is CN(C)C(CNC(=O)NCc1ccc(N2CCCC2)nc1)c1ccco1. The molecule has 2 N–H and O–H groups in total. The van der Waals surface area contributed by atoms with Crippen molar-refractivity contribution in [3.8, 4) is 0 Å². The maximum atomic E-state index is 12.1. The van der Waals surface area contributed by atoms with E-state index in [1.165, 1.54) is 12.8 Å². The number of aromatic nitrogens is 1. The summed E-state index contributed by atoms with van der Waals surface area (Å²) in [5, 5.41) is 5.77. The number of rotatable bonds is 7. The average Bonchev–Trinajstić information content (AvgIpc) is 3.34. The molecule has 1 atom stereocenters. The first-order valence-electron chi connectivity index (χ1n) is 9.05. The predicted octanol–water partition coefficient (Wildman–Crippen LogP) is 2.38. The van der Waals surface area contributed by atoms with E-state index in [-0.39, 0.29) is 12.1 Å². The van der Waals surface area contributed by atoms with E-state index in [0.717, 1.165) is 30.2 Å². The summed E-state index contributed by atoms with van der Waals surface area (Å²) in [5.41, 5.74) is 0.985. The van der Waals surface area contributed by atoms with Crippen LogP contribution in [0.1, 0.15) is 30.2 Å². The number of carbonyl (C=O) groups excluding carboxylic acids is 1. The molecular formula is C19H27N5O2. The van der Waals surface area contributed by atoms with Gasteiger partial charge in [0.1, 0.15) is 11.6 Å². The second-order valence-electron chi connectivity index (χ2n) is 6.78. The van der Waals surface area contributed by atoms with Gasteiger partial charge in [-0.05, 0) is 50.7 Å². The standard InChI is InChI=1S/C19H27N5O2/c1-23(2)16(17-6-5-11-26-17)14-22-19(25)21-13-15-7-8-18(20-12-15)24-9-3-4-10-24/h5-8,11-12,16H,3-4,9-10,13-14H2,1-2H3,(H2,21,22,25). The minimum absolute atomic E-state index is 0.00263. The second-order valence-corrected chi connectivity index (χ2v) is 6.78. The van der Waals surface area contributed by atoms with Crippen molar-refractivity contribution >= 4 is 11.8 Å². The Bertz CT molecular complexity index is 678. The molecule has 0 radical (unpaired) electrons. The first kappa shape index (κ1) is 18.3. The largest absolute Gasteiger partial charge is 0.468 e. The molecule has 1 unspecified atom stereocenters. The minimum Gasteiger partial charge on any atom is -0.468 e.